The van der Waals surface area contributed by atoms with E-state index in [2.05, 4.69) is 62.0 Å². The van der Waals surface area contributed by atoms with Gasteiger partial charge in [0.1, 0.15) is 11.0 Å². The van der Waals surface area contributed by atoms with Gasteiger partial charge in [0, 0.05) is 27.2 Å². The summed E-state index contributed by atoms with van der Waals surface area (Å²) in [5, 5.41) is 12.7. The Kier molecular flexibility index (Phi) is 5.72. The Bertz CT molecular complexity index is 655. The van der Waals surface area contributed by atoms with Crippen LogP contribution in [0, 0.1) is 5.92 Å². The molecule has 0 aliphatic rings. The quantitative estimate of drug-likeness (QED) is 0.589. The van der Waals surface area contributed by atoms with Crippen LogP contribution in [0.2, 0.25) is 0 Å². The summed E-state index contributed by atoms with van der Waals surface area (Å²) < 4.78 is 0. The average Bonchev–Trinajstić information content (AvgIpc) is 2.56. The molecule has 0 amide bonds. The Morgan fingerprint density at radius 3 is 1.78 bits per heavy atom. The highest BCUT2D eigenvalue weighted by Crippen LogP contribution is 2.26. The monoisotopic (exact) mass is 318 g/mol. The molecule has 0 aromatic carbocycles. The van der Waals surface area contributed by atoms with Crippen LogP contribution in [0.15, 0.2) is 0 Å². The molecule has 0 saturated carbocycles. The lowest BCUT2D eigenvalue weighted by atomic mass is 10.2. The predicted molar refractivity (Wildman–Crippen MR) is 96.3 cm³/mol. The van der Waals surface area contributed by atoms with Crippen molar-refractivity contribution in [2.45, 2.75) is 27.2 Å². The summed E-state index contributed by atoms with van der Waals surface area (Å²) >= 11 is 0. The van der Waals surface area contributed by atoms with Gasteiger partial charge in [0.25, 0.3) is 0 Å². The molecule has 0 unspecified atom stereocenters. The molecular formula is C15H26N8. The fourth-order valence-corrected chi connectivity index (χ4v) is 2.03. The van der Waals surface area contributed by atoms with Gasteiger partial charge in [-0.15, -0.1) is 0 Å². The first kappa shape index (κ1) is 17.0. The van der Waals surface area contributed by atoms with E-state index in [9.17, 15) is 0 Å². The number of anilines is 4. The molecule has 8 heteroatoms. The average molecular weight is 318 g/mol. The highest BCUT2D eigenvalue weighted by atomic mass is 15.2. The molecule has 126 valence electrons. The minimum Gasteiger partial charge on any atom is -0.368 e. The van der Waals surface area contributed by atoms with Crippen LogP contribution in [0.25, 0.3) is 11.0 Å². The van der Waals surface area contributed by atoms with Crippen molar-refractivity contribution in [2.24, 2.45) is 5.92 Å². The van der Waals surface area contributed by atoms with Gasteiger partial charge in [-0.25, -0.2) is 9.97 Å². The lowest BCUT2D eigenvalue weighted by Crippen LogP contribution is -2.13. The summed E-state index contributed by atoms with van der Waals surface area (Å²) in [5.41, 5.74) is 1.42. The van der Waals surface area contributed by atoms with E-state index in [1.54, 1.807) is 14.1 Å². The fourth-order valence-electron chi connectivity index (χ4n) is 2.03. The highest BCUT2D eigenvalue weighted by molar-refractivity contribution is 5.94. The molecule has 0 aliphatic heterocycles. The first-order valence-corrected chi connectivity index (χ1v) is 8.02. The number of nitrogens with zero attached hydrogens (tertiary/aromatic N) is 4. The summed E-state index contributed by atoms with van der Waals surface area (Å²) in [6.45, 7) is 8.04. The number of nitrogens with one attached hydrogen (secondary N) is 4. The van der Waals surface area contributed by atoms with E-state index in [1.807, 2.05) is 0 Å². The van der Waals surface area contributed by atoms with E-state index >= 15 is 0 Å². The molecule has 8 nitrogen and oxygen atoms in total. The third kappa shape index (κ3) is 4.08. The van der Waals surface area contributed by atoms with Gasteiger partial charge in [0.05, 0.1) is 0 Å². The molecule has 23 heavy (non-hydrogen) atoms. The normalized spacial score (nSPS) is 10.9. The van der Waals surface area contributed by atoms with Crippen molar-refractivity contribution >= 4 is 34.6 Å². The van der Waals surface area contributed by atoms with Gasteiger partial charge < -0.3 is 21.3 Å². The molecule has 0 atom stereocenters. The third-order valence-electron chi connectivity index (χ3n) is 3.21. The van der Waals surface area contributed by atoms with Gasteiger partial charge >= 0.3 is 0 Å². The summed E-state index contributed by atoms with van der Waals surface area (Å²) in [6, 6.07) is 0. The van der Waals surface area contributed by atoms with Gasteiger partial charge in [-0.1, -0.05) is 20.8 Å². The number of aromatic nitrogens is 4. The van der Waals surface area contributed by atoms with Crippen molar-refractivity contribution in [1.29, 1.82) is 0 Å². The number of rotatable bonds is 8. The van der Waals surface area contributed by atoms with Gasteiger partial charge in [-0.3, -0.25) is 0 Å². The molecule has 0 saturated heterocycles. The van der Waals surface area contributed by atoms with Gasteiger partial charge in [-0.2, -0.15) is 9.97 Å². The molecule has 2 aromatic rings. The molecule has 0 bridgehead atoms. The Hall–Kier alpha value is -2.38. The van der Waals surface area contributed by atoms with E-state index < -0.39 is 0 Å². The Labute approximate surface area is 136 Å². The summed E-state index contributed by atoms with van der Waals surface area (Å²) in [7, 11) is 3.60. The van der Waals surface area contributed by atoms with Crippen molar-refractivity contribution in [3.8, 4) is 0 Å². The molecule has 0 spiro atoms. The standard InChI is InChI=1S/C15H26N8/c1-6-7-18-12-10-11(21-14(16-4)22-12)13(19-8-9(2)3)23-15(17-5)20-10/h9H,6-8H2,1-5H3,(H2,16,18,21,22)(H2,17,19,20,23). The Morgan fingerprint density at radius 1 is 0.826 bits per heavy atom. The molecule has 0 aliphatic carbocycles. The molecule has 0 radical (unpaired) electrons. The van der Waals surface area contributed by atoms with Crippen LogP contribution in [-0.4, -0.2) is 47.1 Å². The largest absolute Gasteiger partial charge is 0.368 e. The third-order valence-corrected chi connectivity index (χ3v) is 3.21. The maximum absolute atomic E-state index is 4.54. The predicted octanol–water partition coefficient (Wildman–Crippen LogP) is 2.39. The second kappa shape index (κ2) is 7.75. The van der Waals surface area contributed by atoms with E-state index in [-0.39, 0.29) is 0 Å². The molecule has 2 aromatic heterocycles. The molecule has 2 heterocycles. The van der Waals surface area contributed by atoms with E-state index in [1.165, 1.54) is 0 Å². The van der Waals surface area contributed by atoms with Crippen LogP contribution in [-0.2, 0) is 0 Å². The smallest absolute Gasteiger partial charge is 0.225 e. The van der Waals surface area contributed by atoms with Crippen LogP contribution < -0.4 is 21.3 Å². The second-order valence-electron chi connectivity index (χ2n) is 5.69. The topological polar surface area (TPSA) is 99.7 Å². The zero-order valence-corrected chi connectivity index (χ0v) is 14.5. The summed E-state index contributed by atoms with van der Waals surface area (Å²) in [4.78, 5) is 18.1. The lowest BCUT2D eigenvalue weighted by molar-refractivity contribution is 0.687. The van der Waals surface area contributed by atoms with Crippen LogP contribution in [0.5, 0.6) is 0 Å². The molecule has 2 rings (SSSR count). The summed E-state index contributed by atoms with van der Waals surface area (Å²) in [5.74, 6) is 3.02. The summed E-state index contributed by atoms with van der Waals surface area (Å²) in [6.07, 6.45) is 1.00. The van der Waals surface area contributed by atoms with E-state index in [0.717, 1.165) is 19.5 Å². The zero-order valence-electron chi connectivity index (χ0n) is 14.5. The highest BCUT2D eigenvalue weighted by Gasteiger charge is 2.15. The Balaban J connectivity index is 2.58. The van der Waals surface area contributed by atoms with E-state index in [0.29, 0.717) is 40.5 Å². The van der Waals surface area contributed by atoms with Crippen LogP contribution in [0.1, 0.15) is 27.2 Å². The van der Waals surface area contributed by atoms with Gasteiger partial charge in [0.15, 0.2) is 11.6 Å². The van der Waals surface area contributed by atoms with Crippen LogP contribution in [0.3, 0.4) is 0 Å². The van der Waals surface area contributed by atoms with Gasteiger partial charge in [0.2, 0.25) is 11.9 Å². The van der Waals surface area contributed by atoms with Gasteiger partial charge in [-0.05, 0) is 12.3 Å². The maximum atomic E-state index is 4.54. The first-order valence-electron chi connectivity index (χ1n) is 8.02. The second-order valence-corrected chi connectivity index (χ2v) is 5.69. The number of fused-ring (bicyclic) bond motifs is 1. The minimum absolute atomic E-state index is 0.501. The van der Waals surface area contributed by atoms with Crippen LogP contribution in [0.4, 0.5) is 23.5 Å². The number of hydrogen-bond acceptors (Lipinski definition) is 8. The molecular weight excluding hydrogens is 292 g/mol. The molecule has 4 N–H and O–H groups in total. The van der Waals surface area contributed by atoms with Crippen molar-refractivity contribution in [3.05, 3.63) is 0 Å². The maximum Gasteiger partial charge on any atom is 0.225 e. The molecule has 0 fully saturated rings. The first-order chi connectivity index (χ1) is 11.1. The lowest BCUT2D eigenvalue weighted by Gasteiger charge is -2.14. The van der Waals surface area contributed by atoms with Crippen molar-refractivity contribution in [1.82, 2.24) is 19.9 Å². The zero-order chi connectivity index (χ0) is 16.8. The van der Waals surface area contributed by atoms with Crippen LogP contribution >= 0.6 is 0 Å². The van der Waals surface area contributed by atoms with Crippen molar-refractivity contribution in [2.75, 3.05) is 48.5 Å². The van der Waals surface area contributed by atoms with E-state index in [4.69, 9.17) is 0 Å². The van der Waals surface area contributed by atoms with Crippen molar-refractivity contribution < 1.29 is 0 Å². The number of hydrogen-bond donors (Lipinski definition) is 4. The van der Waals surface area contributed by atoms with Crippen molar-refractivity contribution in [3.63, 3.8) is 0 Å². The minimum atomic E-state index is 0.501. The SMILES string of the molecule is CCCNc1nc(NC)nc2c(NCC(C)C)nc(NC)nc12. The Morgan fingerprint density at radius 2 is 1.35 bits per heavy atom. The fraction of sp³-hybridized carbons (Fsp3) is 0.600.